The Balaban J connectivity index is 1.63. The number of carbonyl (C=O) groups is 1. The fourth-order valence-corrected chi connectivity index (χ4v) is 4.91. The summed E-state index contributed by atoms with van der Waals surface area (Å²) in [4.78, 5) is 11.9. The topological polar surface area (TPSA) is 66.5 Å². The molecule has 1 N–H and O–H groups in total. The van der Waals surface area contributed by atoms with Crippen molar-refractivity contribution in [3.63, 3.8) is 0 Å². The van der Waals surface area contributed by atoms with Crippen molar-refractivity contribution in [2.75, 3.05) is 13.1 Å². The fraction of sp³-hybridized carbons (Fsp3) is 0.611. The number of nitrogens with zero attached hydrogens (tertiary/aromatic N) is 1. The first-order chi connectivity index (χ1) is 12.6. The van der Waals surface area contributed by atoms with Gasteiger partial charge in [-0.05, 0) is 56.7 Å². The molecule has 1 aromatic carbocycles. The standard InChI is InChI=1S/C18H23F3N2O3S/c1-12(13-5-6-13)22-17(24)14-7-9-23(10-8-14)27(25,26)16-4-2-3-15(11-16)18(19,20)21/h2-4,11-14H,5-10H2,1H3,(H,22,24)/t12-/m1/s1. The van der Waals surface area contributed by atoms with Gasteiger partial charge in [-0.2, -0.15) is 17.5 Å². The molecule has 27 heavy (non-hydrogen) atoms. The second-order valence-electron chi connectivity index (χ2n) is 7.34. The molecule has 0 unspecified atom stereocenters. The van der Waals surface area contributed by atoms with Crippen molar-refractivity contribution >= 4 is 15.9 Å². The number of hydrogen-bond acceptors (Lipinski definition) is 3. The van der Waals surface area contributed by atoms with Gasteiger partial charge >= 0.3 is 6.18 Å². The first-order valence-electron chi connectivity index (χ1n) is 9.07. The number of amides is 1. The lowest BCUT2D eigenvalue weighted by molar-refractivity contribution is -0.137. The predicted molar refractivity (Wildman–Crippen MR) is 93.3 cm³/mol. The van der Waals surface area contributed by atoms with Crippen molar-refractivity contribution in [1.82, 2.24) is 9.62 Å². The second-order valence-corrected chi connectivity index (χ2v) is 9.28. The summed E-state index contributed by atoms with van der Waals surface area (Å²) in [5.41, 5.74) is -0.994. The smallest absolute Gasteiger partial charge is 0.353 e. The molecular weight excluding hydrogens is 381 g/mol. The Kier molecular flexibility index (Phi) is 5.54. The Hall–Kier alpha value is -1.61. The van der Waals surface area contributed by atoms with Crippen LogP contribution in [0.15, 0.2) is 29.2 Å². The molecule has 1 aliphatic heterocycles. The van der Waals surface area contributed by atoms with Crippen molar-refractivity contribution in [1.29, 1.82) is 0 Å². The van der Waals surface area contributed by atoms with Gasteiger partial charge in [0, 0.05) is 25.0 Å². The van der Waals surface area contributed by atoms with E-state index in [1.807, 2.05) is 6.92 Å². The van der Waals surface area contributed by atoms with Crippen LogP contribution in [0.2, 0.25) is 0 Å². The number of rotatable bonds is 5. The summed E-state index contributed by atoms with van der Waals surface area (Å²) in [7, 11) is -4.02. The predicted octanol–water partition coefficient (Wildman–Crippen LogP) is 3.02. The summed E-state index contributed by atoms with van der Waals surface area (Å²) in [6.45, 7) is 2.21. The third-order valence-electron chi connectivity index (χ3n) is 5.32. The highest BCUT2D eigenvalue weighted by atomic mass is 32.2. The number of carbonyl (C=O) groups excluding carboxylic acids is 1. The highest BCUT2D eigenvalue weighted by Crippen LogP contribution is 2.33. The van der Waals surface area contributed by atoms with E-state index in [1.54, 1.807) is 0 Å². The molecular formula is C18H23F3N2O3S. The summed E-state index contributed by atoms with van der Waals surface area (Å²) in [5.74, 6) is 0.208. The van der Waals surface area contributed by atoms with Crippen LogP contribution in [0.4, 0.5) is 13.2 Å². The number of halogens is 3. The number of alkyl halides is 3. The van der Waals surface area contributed by atoms with Gasteiger partial charge in [-0.3, -0.25) is 4.79 Å². The Morgan fingerprint density at radius 2 is 1.81 bits per heavy atom. The Labute approximate surface area is 157 Å². The van der Waals surface area contributed by atoms with E-state index in [-0.39, 0.29) is 35.9 Å². The van der Waals surface area contributed by atoms with Crippen molar-refractivity contribution in [3.8, 4) is 0 Å². The SMILES string of the molecule is C[C@@H](NC(=O)C1CCN(S(=O)(=O)c2cccc(C(F)(F)F)c2)CC1)C1CC1. The zero-order chi connectivity index (χ0) is 19.8. The number of nitrogens with one attached hydrogen (secondary N) is 1. The fourth-order valence-electron chi connectivity index (χ4n) is 3.40. The van der Waals surface area contributed by atoms with Gasteiger partial charge in [-0.15, -0.1) is 0 Å². The molecule has 1 saturated heterocycles. The average molecular weight is 404 g/mol. The van der Waals surface area contributed by atoms with Crippen LogP contribution < -0.4 is 5.32 Å². The minimum atomic E-state index is -4.60. The molecule has 1 aromatic rings. The maximum Gasteiger partial charge on any atom is 0.416 e. The molecule has 0 spiro atoms. The van der Waals surface area contributed by atoms with Crippen molar-refractivity contribution < 1.29 is 26.4 Å². The lowest BCUT2D eigenvalue weighted by Gasteiger charge is -2.31. The number of hydrogen-bond donors (Lipinski definition) is 1. The minimum absolute atomic E-state index is 0.0643. The van der Waals surface area contributed by atoms with Crippen LogP contribution in [0, 0.1) is 11.8 Å². The molecule has 0 radical (unpaired) electrons. The van der Waals surface area contributed by atoms with Crippen LogP contribution in [0.25, 0.3) is 0 Å². The summed E-state index contributed by atoms with van der Waals surface area (Å²) in [6, 6.07) is 3.89. The molecule has 0 bridgehead atoms. The molecule has 150 valence electrons. The third kappa shape index (κ3) is 4.63. The van der Waals surface area contributed by atoms with E-state index < -0.39 is 21.8 Å². The Morgan fingerprint density at radius 3 is 2.37 bits per heavy atom. The summed E-state index contributed by atoms with van der Waals surface area (Å²) >= 11 is 0. The van der Waals surface area contributed by atoms with Crippen molar-refractivity contribution in [2.24, 2.45) is 11.8 Å². The van der Waals surface area contributed by atoms with Crippen LogP contribution in [-0.4, -0.2) is 37.8 Å². The highest BCUT2D eigenvalue weighted by molar-refractivity contribution is 7.89. The van der Waals surface area contributed by atoms with Gasteiger partial charge in [0.2, 0.25) is 15.9 Å². The largest absolute Gasteiger partial charge is 0.416 e. The van der Waals surface area contributed by atoms with Gasteiger partial charge in [0.1, 0.15) is 0 Å². The van der Waals surface area contributed by atoms with Gasteiger partial charge in [0.15, 0.2) is 0 Å². The van der Waals surface area contributed by atoms with E-state index in [1.165, 1.54) is 6.07 Å². The van der Waals surface area contributed by atoms with Gasteiger partial charge in [-0.1, -0.05) is 6.07 Å². The lowest BCUT2D eigenvalue weighted by Crippen LogP contribution is -2.45. The van der Waals surface area contributed by atoms with Crippen LogP contribution in [0.3, 0.4) is 0 Å². The molecule has 1 saturated carbocycles. The van der Waals surface area contributed by atoms with Crippen LogP contribution in [-0.2, 0) is 21.0 Å². The Bertz CT molecular complexity index is 798. The summed E-state index contributed by atoms with van der Waals surface area (Å²) in [6.07, 6.45) is -1.64. The van der Waals surface area contributed by atoms with Crippen LogP contribution in [0.5, 0.6) is 0 Å². The molecule has 2 fully saturated rings. The first-order valence-corrected chi connectivity index (χ1v) is 10.5. The van der Waals surface area contributed by atoms with Gasteiger partial charge in [0.05, 0.1) is 10.5 Å². The minimum Gasteiger partial charge on any atom is -0.353 e. The van der Waals surface area contributed by atoms with E-state index in [0.717, 1.165) is 29.3 Å². The van der Waals surface area contributed by atoms with Gasteiger partial charge in [-0.25, -0.2) is 8.42 Å². The number of sulfonamides is 1. The van der Waals surface area contributed by atoms with E-state index in [2.05, 4.69) is 5.32 Å². The molecule has 5 nitrogen and oxygen atoms in total. The molecule has 9 heteroatoms. The quantitative estimate of drug-likeness (QED) is 0.820. The monoisotopic (exact) mass is 404 g/mol. The molecule has 1 amide bonds. The van der Waals surface area contributed by atoms with Crippen LogP contribution in [0.1, 0.15) is 38.2 Å². The normalized spacial score (nSPS) is 21.0. The summed E-state index contributed by atoms with van der Waals surface area (Å²) < 4.78 is 65.1. The van der Waals surface area contributed by atoms with E-state index in [0.29, 0.717) is 24.8 Å². The van der Waals surface area contributed by atoms with E-state index in [9.17, 15) is 26.4 Å². The average Bonchev–Trinajstić information content (AvgIpc) is 3.46. The molecule has 1 atom stereocenters. The van der Waals surface area contributed by atoms with Gasteiger partial charge in [0.25, 0.3) is 0 Å². The Morgan fingerprint density at radius 1 is 1.19 bits per heavy atom. The van der Waals surface area contributed by atoms with Crippen molar-refractivity contribution in [3.05, 3.63) is 29.8 Å². The van der Waals surface area contributed by atoms with Crippen molar-refractivity contribution in [2.45, 2.75) is 49.7 Å². The van der Waals surface area contributed by atoms with E-state index in [4.69, 9.17) is 0 Å². The number of benzene rings is 1. The maximum absolute atomic E-state index is 12.9. The zero-order valence-electron chi connectivity index (χ0n) is 15.0. The molecule has 0 aromatic heterocycles. The maximum atomic E-state index is 12.9. The lowest BCUT2D eigenvalue weighted by atomic mass is 9.96. The van der Waals surface area contributed by atoms with Crippen LogP contribution >= 0.6 is 0 Å². The second kappa shape index (κ2) is 7.43. The van der Waals surface area contributed by atoms with E-state index >= 15 is 0 Å². The van der Waals surface area contributed by atoms with Gasteiger partial charge < -0.3 is 5.32 Å². The first kappa shape index (κ1) is 20.1. The molecule has 2 aliphatic rings. The molecule has 1 aliphatic carbocycles. The number of piperidine rings is 1. The summed E-state index contributed by atoms with van der Waals surface area (Å²) in [5, 5.41) is 2.99. The highest BCUT2D eigenvalue weighted by Gasteiger charge is 2.36. The molecule has 3 rings (SSSR count). The third-order valence-corrected chi connectivity index (χ3v) is 7.22. The zero-order valence-corrected chi connectivity index (χ0v) is 15.8. The molecule has 1 heterocycles.